The molecule has 0 saturated heterocycles. The first-order valence-corrected chi connectivity index (χ1v) is 7.86. The summed E-state index contributed by atoms with van der Waals surface area (Å²) >= 11 is 0. The number of para-hydroxylation sites is 2. The monoisotopic (exact) mass is 344 g/mol. The van der Waals surface area contributed by atoms with Crippen LogP contribution < -0.4 is 14.8 Å². The summed E-state index contributed by atoms with van der Waals surface area (Å²) in [6.45, 7) is 5.58. The molecular formula is C18H20N2O5. The van der Waals surface area contributed by atoms with Crippen molar-refractivity contribution < 1.29 is 19.2 Å². The van der Waals surface area contributed by atoms with Crippen molar-refractivity contribution >= 4 is 17.3 Å². The number of nitrogens with zero attached hydrogens (tertiary/aromatic N) is 1. The highest BCUT2D eigenvalue weighted by atomic mass is 16.6. The fourth-order valence-electron chi connectivity index (χ4n) is 2.25. The first-order valence-electron chi connectivity index (χ1n) is 7.86. The predicted octanol–water partition coefficient (Wildman–Crippen LogP) is 3.71. The lowest BCUT2D eigenvalue weighted by Crippen LogP contribution is -2.30. The third-order valence-corrected chi connectivity index (χ3v) is 3.49. The van der Waals surface area contributed by atoms with Crippen molar-refractivity contribution in [3.8, 4) is 11.5 Å². The van der Waals surface area contributed by atoms with E-state index in [0.717, 1.165) is 0 Å². The third kappa shape index (κ3) is 4.69. The number of amides is 1. The Morgan fingerprint density at radius 1 is 1.28 bits per heavy atom. The minimum absolute atomic E-state index is 0.00935. The van der Waals surface area contributed by atoms with E-state index >= 15 is 0 Å². The molecule has 0 aliphatic heterocycles. The summed E-state index contributed by atoms with van der Waals surface area (Å²) in [5, 5.41) is 13.6. The normalized spacial score (nSPS) is 11.5. The van der Waals surface area contributed by atoms with Gasteiger partial charge in [-0.3, -0.25) is 14.9 Å². The molecule has 1 amide bonds. The van der Waals surface area contributed by atoms with Crippen molar-refractivity contribution in [2.45, 2.75) is 26.9 Å². The van der Waals surface area contributed by atoms with E-state index in [0.29, 0.717) is 29.4 Å². The Labute approximate surface area is 145 Å². The second-order valence-electron chi connectivity index (χ2n) is 5.38. The Hall–Kier alpha value is -3.09. The maximum Gasteiger partial charge on any atom is 0.272 e. The first kappa shape index (κ1) is 18.3. The Balaban J connectivity index is 2.06. The molecule has 0 aliphatic rings. The number of hydrogen-bond acceptors (Lipinski definition) is 5. The summed E-state index contributed by atoms with van der Waals surface area (Å²) < 4.78 is 11.1. The van der Waals surface area contributed by atoms with Gasteiger partial charge in [-0.05, 0) is 45.0 Å². The van der Waals surface area contributed by atoms with E-state index in [9.17, 15) is 14.9 Å². The van der Waals surface area contributed by atoms with Crippen LogP contribution >= 0.6 is 0 Å². The van der Waals surface area contributed by atoms with Crippen LogP contribution in [0, 0.1) is 17.0 Å². The quantitative estimate of drug-likeness (QED) is 0.611. The van der Waals surface area contributed by atoms with Crippen molar-refractivity contribution in [3.63, 3.8) is 0 Å². The van der Waals surface area contributed by atoms with Crippen molar-refractivity contribution in [3.05, 3.63) is 58.1 Å². The topological polar surface area (TPSA) is 90.7 Å². The highest BCUT2D eigenvalue weighted by molar-refractivity contribution is 5.95. The van der Waals surface area contributed by atoms with Gasteiger partial charge in [0.05, 0.1) is 17.2 Å². The Morgan fingerprint density at radius 3 is 2.64 bits per heavy atom. The lowest BCUT2D eigenvalue weighted by atomic mass is 10.2. The lowest BCUT2D eigenvalue weighted by Gasteiger charge is -2.16. The van der Waals surface area contributed by atoms with E-state index in [-0.39, 0.29) is 11.6 Å². The summed E-state index contributed by atoms with van der Waals surface area (Å²) in [6, 6.07) is 11.5. The zero-order chi connectivity index (χ0) is 18.4. The van der Waals surface area contributed by atoms with E-state index in [1.807, 2.05) is 13.0 Å². The van der Waals surface area contributed by atoms with Gasteiger partial charge in [0.25, 0.3) is 11.6 Å². The van der Waals surface area contributed by atoms with Crippen LogP contribution in [0.2, 0.25) is 0 Å². The predicted molar refractivity (Wildman–Crippen MR) is 94.2 cm³/mol. The minimum atomic E-state index is -0.782. The van der Waals surface area contributed by atoms with Gasteiger partial charge in [0.15, 0.2) is 6.10 Å². The second-order valence-corrected chi connectivity index (χ2v) is 5.38. The van der Waals surface area contributed by atoms with E-state index in [1.54, 1.807) is 32.0 Å². The van der Waals surface area contributed by atoms with Gasteiger partial charge in [-0.2, -0.15) is 0 Å². The zero-order valence-electron chi connectivity index (χ0n) is 14.3. The number of nitrogens with one attached hydrogen (secondary N) is 1. The van der Waals surface area contributed by atoms with Gasteiger partial charge in [-0.25, -0.2) is 0 Å². The number of nitro groups is 1. The standard InChI is InChI=1S/C18H20N2O5/c1-4-24-17-8-6-5-7-15(17)19-18(21)13(3)25-14-9-10-16(20(22)23)12(2)11-14/h5-11,13H,4H2,1-3H3,(H,19,21)/t13-/m0/s1. The maximum atomic E-state index is 12.3. The van der Waals surface area contributed by atoms with Crippen LogP contribution in [0.15, 0.2) is 42.5 Å². The summed E-state index contributed by atoms with van der Waals surface area (Å²) in [5.74, 6) is 0.628. The van der Waals surface area contributed by atoms with Crippen molar-refractivity contribution in [1.82, 2.24) is 0 Å². The Morgan fingerprint density at radius 2 is 2.00 bits per heavy atom. The van der Waals surface area contributed by atoms with Gasteiger partial charge in [0.1, 0.15) is 11.5 Å². The van der Waals surface area contributed by atoms with Crippen LogP contribution in [0.5, 0.6) is 11.5 Å². The third-order valence-electron chi connectivity index (χ3n) is 3.49. The maximum absolute atomic E-state index is 12.3. The highest BCUT2D eigenvalue weighted by Gasteiger charge is 2.18. The molecule has 0 fully saturated rings. The molecule has 2 aromatic carbocycles. The molecule has 0 unspecified atom stereocenters. The number of carbonyl (C=O) groups is 1. The van der Waals surface area contributed by atoms with Crippen molar-refractivity contribution in [2.24, 2.45) is 0 Å². The van der Waals surface area contributed by atoms with Crippen LogP contribution in [-0.2, 0) is 4.79 Å². The summed E-state index contributed by atoms with van der Waals surface area (Å²) in [4.78, 5) is 22.7. The summed E-state index contributed by atoms with van der Waals surface area (Å²) in [5.41, 5.74) is 1.04. The Kier molecular flexibility index (Phi) is 5.94. The average Bonchev–Trinajstić information content (AvgIpc) is 2.56. The molecule has 7 nitrogen and oxygen atoms in total. The number of carbonyl (C=O) groups excluding carboxylic acids is 1. The minimum Gasteiger partial charge on any atom is -0.492 e. The molecule has 0 heterocycles. The van der Waals surface area contributed by atoms with E-state index in [2.05, 4.69) is 5.32 Å². The summed E-state index contributed by atoms with van der Waals surface area (Å²) in [7, 11) is 0. The van der Waals surface area contributed by atoms with Gasteiger partial charge < -0.3 is 14.8 Å². The zero-order valence-corrected chi connectivity index (χ0v) is 14.3. The molecule has 0 radical (unpaired) electrons. The van der Waals surface area contributed by atoms with Gasteiger partial charge in [-0.1, -0.05) is 12.1 Å². The number of ether oxygens (including phenoxy) is 2. The van der Waals surface area contributed by atoms with Crippen molar-refractivity contribution in [1.29, 1.82) is 0 Å². The molecule has 0 aromatic heterocycles. The number of aryl methyl sites for hydroxylation is 1. The second kappa shape index (κ2) is 8.14. The molecule has 7 heteroatoms. The first-order chi connectivity index (χ1) is 11.9. The highest BCUT2D eigenvalue weighted by Crippen LogP contribution is 2.26. The fraction of sp³-hybridized carbons (Fsp3) is 0.278. The smallest absolute Gasteiger partial charge is 0.272 e. The molecule has 0 spiro atoms. The largest absolute Gasteiger partial charge is 0.492 e. The van der Waals surface area contributed by atoms with Gasteiger partial charge in [-0.15, -0.1) is 0 Å². The molecule has 132 valence electrons. The summed E-state index contributed by atoms with van der Waals surface area (Å²) in [6.07, 6.45) is -0.782. The van der Waals surface area contributed by atoms with Crippen LogP contribution in [0.4, 0.5) is 11.4 Å². The van der Waals surface area contributed by atoms with E-state index in [1.165, 1.54) is 18.2 Å². The molecule has 25 heavy (non-hydrogen) atoms. The average molecular weight is 344 g/mol. The fourth-order valence-corrected chi connectivity index (χ4v) is 2.25. The molecular weight excluding hydrogens is 324 g/mol. The number of hydrogen-bond donors (Lipinski definition) is 1. The molecule has 2 aromatic rings. The van der Waals surface area contributed by atoms with Gasteiger partial charge in [0, 0.05) is 11.6 Å². The number of rotatable bonds is 7. The van der Waals surface area contributed by atoms with Gasteiger partial charge >= 0.3 is 0 Å². The molecule has 2 rings (SSSR count). The van der Waals surface area contributed by atoms with Crippen LogP contribution in [0.25, 0.3) is 0 Å². The number of benzene rings is 2. The molecule has 0 saturated carbocycles. The number of nitro benzene ring substituents is 1. The van der Waals surface area contributed by atoms with Crippen molar-refractivity contribution in [2.75, 3.05) is 11.9 Å². The molecule has 0 aliphatic carbocycles. The van der Waals surface area contributed by atoms with Crippen LogP contribution in [-0.4, -0.2) is 23.5 Å². The number of anilines is 1. The molecule has 1 atom stereocenters. The van der Waals surface area contributed by atoms with Gasteiger partial charge in [0.2, 0.25) is 0 Å². The van der Waals surface area contributed by atoms with E-state index in [4.69, 9.17) is 9.47 Å². The van der Waals surface area contributed by atoms with Crippen LogP contribution in [0.1, 0.15) is 19.4 Å². The lowest BCUT2D eigenvalue weighted by molar-refractivity contribution is -0.385. The molecule has 0 bridgehead atoms. The van der Waals surface area contributed by atoms with Crippen LogP contribution in [0.3, 0.4) is 0 Å². The SMILES string of the molecule is CCOc1ccccc1NC(=O)[C@H](C)Oc1ccc([N+](=O)[O-])c(C)c1. The molecule has 1 N–H and O–H groups in total. The van der Waals surface area contributed by atoms with E-state index < -0.39 is 11.0 Å². The Bertz CT molecular complexity index is 776.